The fraction of sp³-hybridized carbons (Fsp3) is 0.333. The van der Waals surface area contributed by atoms with Crippen LogP contribution in [0.5, 0.6) is 0 Å². The average Bonchev–Trinajstić information content (AvgIpc) is 2.14. The van der Waals surface area contributed by atoms with Crippen LogP contribution in [0.4, 0.5) is 4.39 Å². The normalized spacial score (nSPS) is 12.5. The van der Waals surface area contributed by atoms with Crippen LogP contribution < -0.4 is 0 Å². The summed E-state index contributed by atoms with van der Waals surface area (Å²) in [4.78, 5) is 0. The van der Waals surface area contributed by atoms with Crippen molar-refractivity contribution in [2.75, 3.05) is 0 Å². The lowest BCUT2D eigenvalue weighted by atomic mass is 9.93. The first kappa shape index (κ1) is 9.97. The lowest BCUT2D eigenvalue weighted by molar-refractivity contribution is 0.613. The molecule has 1 heteroatoms. The van der Waals surface area contributed by atoms with Gasteiger partial charge < -0.3 is 0 Å². The van der Waals surface area contributed by atoms with E-state index in [1.807, 2.05) is 12.1 Å². The number of hydrogen-bond acceptors (Lipinski definition) is 0. The summed E-state index contributed by atoms with van der Waals surface area (Å²) in [5, 5.41) is 0. The van der Waals surface area contributed by atoms with Crippen molar-refractivity contribution in [3.05, 3.63) is 48.3 Å². The zero-order valence-electron chi connectivity index (χ0n) is 7.96. The molecule has 0 aromatic heterocycles. The van der Waals surface area contributed by atoms with E-state index in [9.17, 15) is 4.39 Å². The predicted molar refractivity (Wildman–Crippen MR) is 54.2 cm³/mol. The molecule has 0 N–H and O–H groups in total. The molecule has 1 aromatic carbocycles. The Balaban J connectivity index is 2.84. The van der Waals surface area contributed by atoms with Gasteiger partial charge in [-0.2, -0.15) is 0 Å². The minimum absolute atomic E-state index is 0.153. The van der Waals surface area contributed by atoms with Crippen molar-refractivity contribution >= 4 is 0 Å². The van der Waals surface area contributed by atoms with Crippen LogP contribution in [0.25, 0.3) is 0 Å². The van der Waals surface area contributed by atoms with Crippen LogP contribution in [0, 0.1) is 5.82 Å². The number of halogens is 1. The molecular formula is C12H15F. The zero-order valence-corrected chi connectivity index (χ0v) is 7.96. The summed E-state index contributed by atoms with van der Waals surface area (Å²) in [6.07, 6.45) is 3.83. The maximum atomic E-state index is 12.9. The van der Waals surface area contributed by atoms with Gasteiger partial charge in [-0.15, -0.1) is 6.58 Å². The summed E-state index contributed by atoms with van der Waals surface area (Å²) < 4.78 is 12.9. The highest BCUT2D eigenvalue weighted by Gasteiger charge is 2.07. The van der Waals surface area contributed by atoms with Crippen molar-refractivity contribution in [1.82, 2.24) is 0 Å². The van der Waals surface area contributed by atoms with Gasteiger partial charge in [-0.25, -0.2) is 4.39 Å². The van der Waals surface area contributed by atoms with Crippen LogP contribution in [0.2, 0.25) is 0 Å². The van der Waals surface area contributed by atoms with Gasteiger partial charge in [0, 0.05) is 0 Å². The van der Waals surface area contributed by atoms with E-state index in [0.29, 0.717) is 5.92 Å². The highest BCUT2D eigenvalue weighted by atomic mass is 19.1. The summed E-state index contributed by atoms with van der Waals surface area (Å²) >= 11 is 0. The van der Waals surface area contributed by atoms with Crippen LogP contribution in [-0.4, -0.2) is 0 Å². The minimum Gasteiger partial charge on any atom is -0.207 e. The van der Waals surface area contributed by atoms with E-state index in [-0.39, 0.29) is 5.82 Å². The molecule has 0 nitrogen and oxygen atoms in total. The maximum absolute atomic E-state index is 12.9. The fourth-order valence-corrected chi connectivity index (χ4v) is 1.50. The topological polar surface area (TPSA) is 0 Å². The third kappa shape index (κ3) is 2.69. The average molecular weight is 178 g/mol. The maximum Gasteiger partial charge on any atom is 0.123 e. The first-order chi connectivity index (χ1) is 6.27. The Bertz CT molecular complexity index is 278. The molecule has 13 heavy (non-hydrogen) atoms. The summed E-state index contributed by atoms with van der Waals surface area (Å²) in [6, 6.07) is 6.82. The van der Waals surface area contributed by atoms with Gasteiger partial charge in [0.25, 0.3) is 0 Å². The summed E-state index contributed by atoms with van der Waals surface area (Å²) in [6.45, 7) is 5.81. The molecule has 1 unspecified atom stereocenters. The molecule has 1 atom stereocenters. The Hall–Kier alpha value is -1.11. The molecular weight excluding hydrogens is 163 g/mol. The Morgan fingerprint density at radius 1 is 1.54 bits per heavy atom. The molecule has 70 valence electrons. The predicted octanol–water partition coefficient (Wildman–Crippen LogP) is 3.90. The van der Waals surface area contributed by atoms with E-state index in [0.717, 1.165) is 18.4 Å². The van der Waals surface area contributed by atoms with Gasteiger partial charge in [0.05, 0.1) is 0 Å². The molecule has 1 aromatic rings. The molecule has 1 rings (SSSR count). The lowest BCUT2D eigenvalue weighted by Crippen LogP contribution is -1.95. The van der Waals surface area contributed by atoms with Crippen molar-refractivity contribution in [1.29, 1.82) is 0 Å². The van der Waals surface area contributed by atoms with Crippen molar-refractivity contribution < 1.29 is 4.39 Å². The highest BCUT2D eigenvalue weighted by Crippen LogP contribution is 2.23. The van der Waals surface area contributed by atoms with E-state index in [4.69, 9.17) is 0 Å². The Kier molecular flexibility index (Phi) is 3.69. The number of allylic oxidation sites excluding steroid dienone is 1. The molecule has 0 aliphatic heterocycles. The first-order valence-corrected chi connectivity index (χ1v) is 4.64. The van der Waals surface area contributed by atoms with Gasteiger partial charge in [-0.3, -0.25) is 0 Å². The second-order valence-corrected chi connectivity index (χ2v) is 3.18. The summed E-state index contributed by atoms with van der Waals surface area (Å²) in [5.41, 5.74) is 1.07. The molecule has 0 aliphatic rings. The molecule has 0 bridgehead atoms. The first-order valence-electron chi connectivity index (χ1n) is 4.64. The Morgan fingerprint density at radius 3 is 2.85 bits per heavy atom. The highest BCUT2D eigenvalue weighted by molar-refractivity contribution is 5.21. The van der Waals surface area contributed by atoms with Gasteiger partial charge in [0.2, 0.25) is 0 Å². The van der Waals surface area contributed by atoms with Crippen LogP contribution in [0.1, 0.15) is 31.2 Å². The van der Waals surface area contributed by atoms with Gasteiger partial charge in [0.15, 0.2) is 0 Å². The van der Waals surface area contributed by atoms with Gasteiger partial charge >= 0.3 is 0 Å². The second kappa shape index (κ2) is 4.80. The second-order valence-electron chi connectivity index (χ2n) is 3.18. The molecule has 0 saturated carbocycles. The van der Waals surface area contributed by atoms with Crippen LogP contribution in [0.3, 0.4) is 0 Å². The van der Waals surface area contributed by atoms with E-state index in [1.54, 1.807) is 12.1 Å². The molecule has 0 radical (unpaired) electrons. The number of benzene rings is 1. The largest absolute Gasteiger partial charge is 0.207 e. The quantitative estimate of drug-likeness (QED) is 0.613. The number of hydrogen-bond donors (Lipinski definition) is 0. The smallest absolute Gasteiger partial charge is 0.123 e. The van der Waals surface area contributed by atoms with E-state index >= 15 is 0 Å². The summed E-state index contributed by atoms with van der Waals surface area (Å²) in [5.74, 6) is 0.258. The van der Waals surface area contributed by atoms with Crippen molar-refractivity contribution in [2.45, 2.75) is 25.7 Å². The molecule has 0 aliphatic carbocycles. The number of rotatable bonds is 4. The third-order valence-electron chi connectivity index (χ3n) is 2.26. The van der Waals surface area contributed by atoms with Gasteiger partial charge in [-0.1, -0.05) is 25.1 Å². The van der Waals surface area contributed by atoms with Crippen molar-refractivity contribution in [2.24, 2.45) is 0 Å². The van der Waals surface area contributed by atoms with Gasteiger partial charge in [0.1, 0.15) is 5.82 Å². The summed E-state index contributed by atoms with van der Waals surface area (Å²) in [7, 11) is 0. The standard InChI is InChI=1S/C12H15F/c1-3-6-10(4-2)11-7-5-8-12(13)9-11/h3,5,7-10H,1,4,6H2,2H3. The molecule has 0 fully saturated rings. The van der Waals surface area contributed by atoms with Crippen LogP contribution in [-0.2, 0) is 0 Å². The van der Waals surface area contributed by atoms with Crippen molar-refractivity contribution in [3.63, 3.8) is 0 Å². The Labute approximate surface area is 79.1 Å². The zero-order chi connectivity index (χ0) is 9.68. The lowest BCUT2D eigenvalue weighted by Gasteiger charge is -2.12. The van der Waals surface area contributed by atoms with Crippen LogP contribution >= 0.6 is 0 Å². The van der Waals surface area contributed by atoms with Gasteiger partial charge in [-0.05, 0) is 36.5 Å². The van der Waals surface area contributed by atoms with E-state index in [2.05, 4.69) is 13.5 Å². The van der Waals surface area contributed by atoms with Crippen molar-refractivity contribution in [3.8, 4) is 0 Å². The molecule has 0 spiro atoms. The molecule has 0 amide bonds. The fourth-order valence-electron chi connectivity index (χ4n) is 1.50. The Morgan fingerprint density at radius 2 is 2.31 bits per heavy atom. The minimum atomic E-state index is -0.153. The third-order valence-corrected chi connectivity index (χ3v) is 2.26. The molecule has 0 saturated heterocycles. The van der Waals surface area contributed by atoms with E-state index < -0.39 is 0 Å². The SMILES string of the molecule is C=CCC(CC)c1cccc(F)c1. The van der Waals surface area contributed by atoms with Crippen LogP contribution in [0.15, 0.2) is 36.9 Å². The van der Waals surface area contributed by atoms with E-state index in [1.165, 1.54) is 6.07 Å². The molecule has 0 heterocycles. The monoisotopic (exact) mass is 178 g/mol.